The third-order valence-corrected chi connectivity index (χ3v) is 0. The summed E-state index contributed by atoms with van der Waals surface area (Å²) in [6.45, 7) is 1.08. The molecule has 0 heterocycles. The molecule has 0 aliphatic rings. The van der Waals surface area contributed by atoms with Crippen molar-refractivity contribution in [2.75, 3.05) is 0 Å². The SMILES string of the molecule is CC(=O)O.O[B](O)[Na]. The van der Waals surface area contributed by atoms with Gasteiger partial charge in [-0.15, -0.1) is 0 Å². The molecule has 0 amide bonds. The molecule has 0 aliphatic carbocycles. The van der Waals surface area contributed by atoms with Crippen LogP contribution >= 0.6 is 0 Å². The van der Waals surface area contributed by atoms with Gasteiger partial charge >= 0.3 is 41.9 Å². The molecule has 0 aromatic carbocycles. The zero-order valence-electron chi connectivity index (χ0n) is 4.83. The fourth-order valence-corrected chi connectivity index (χ4v) is 0. The van der Waals surface area contributed by atoms with Crippen LogP contribution < -0.4 is 0 Å². The predicted octanol–water partition coefficient (Wildman–Crippen LogP) is -1.78. The minimum atomic E-state index is -1.03. The standard InChI is InChI=1S/C2H4O2.BH2O2.Na/c1-2(3)4;2-1-3;/h1H3,(H,3,4);2-3H;/q;+1;-1. The molecular formula is C2H6BNaO4. The topological polar surface area (TPSA) is 77.8 Å². The maximum absolute atomic E-state index is 9.00. The third-order valence-electron chi connectivity index (χ3n) is 0. The van der Waals surface area contributed by atoms with Crippen LogP contribution in [0.5, 0.6) is 0 Å². The van der Waals surface area contributed by atoms with E-state index in [1.165, 1.54) is 0 Å². The average Bonchev–Trinajstić information content (AvgIpc) is 1.25. The summed E-state index contributed by atoms with van der Waals surface area (Å²) in [7, 11) is 0. The zero-order valence-corrected chi connectivity index (χ0v) is 6.83. The molecule has 3 N–H and O–H groups in total. The van der Waals surface area contributed by atoms with Crippen LogP contribution in [0.2, 0.25) is 0 Å². The van der Waals surface area contributed by atoms with Crippen LogP contribution in [0.1, 0.15) is 6.92 Å². The Morgan fingerprint density at radius 2 is 1.62 bits per heavy atom. The molecule has 0 rings (SSSR count). The predicted molar refractivity (Wildman–Crippen MR) is 29.3 cm³/mol. The molecule has 0 saturated carbocycles. The van der Waals surface area contributed by atoms with E-state index in [2.05, 4.69) is 0 Å². The summed E-state index contributed by atoms with van der Waals surface area (Å²) in [6, 6.07) is 0. The van der Waals surface area contributed by atoms with Gasteiger partial charge in [-0.25, -0.2) is 0 Å². The van der Waals surface area contributed by atoms with Gasteiger partial charge in [0.2, 0.25) is 0 Å². The second kappa shape index (κ2) is 7.45. The van der Waals surface area contributed by atoms with Gasteiger partial charge in [0.05, 0.1) is 0 Å². The normalized spacial score (nSPS) is 6.62. The van der Waals surface area contributed by atoms with Crippen molar-refractivity contribution in [1.82, 2.24) is 0 Å². The van der Waals surface area contributed by atoms with Crippen molar-refractivity contribution in [2.24, 2.45) is 0 Å². The van der Waals surface area contributed by atoms with E-state index >= 15 is 0 Å². The van der Waals surface area contributed by atoms with Crippen molar-refractivity contribution < 1.29 is 19.9 Å². The van der Waals surface area contributed by atoms with E-state index in [9.17, 15) is 0 Å². The van der Waals surface area contributed by atoms with Gasteiger partial charge in [-0.1, -0.05) is 0 Å². The van der Waals surface area contributed by atoms with Crippen LogP contribution in [-0.2, 0) is 4.79 Å². The van der Waals surface area contributed by atoms with E-state index < -0.39 is 10.1 Å². The Kier molecular flexibility index (Phi) is 10.5. The summed E-state index contributed by atoms with van der Waals surface area (Å²) < 4.78 is -1.03. The first-order chi connectivity index (χ1) is 3.46. The van der Waals surface area contributed by atoms with Crippen molar-refractivity contribution in [2.45, 2.75) is 6.92 Å². The summed E-state index contributed by atoms with van der Waals surface area (Å²) >= 11 is 0.460. The number of carboxylic acid groups (broad SMARTS) is 1. The first kappa shape index (κ1) is 11.3. The molecule has 42 valence electrons. The number of hydrogen-bond acceptors (Lipinski definition) is 3. The molecule has 0 aromatic rings. The molecule has 0 atom stereocenters. The zero-order chi connectivity index (χ0) is 7.15. The summed E-state index contributed by atoms with van der Waals surface area (Å²) in [6.07, 6.45) is 0. The van der Waals surface area contributed by atoms with Gasteiger partial charge in [0.15, 0.2) is 0 Å². The van der Waals surface area contributed by atoms with Crippen LogP contribution in [0, 0.1) is 0 Å². The van der Waals surface area contributed by atoms with Gasteiger partial charge in [0.25, 0.3) is 5.97 Å². The van der Waals surface area contributed by atoms with Crippen molar-refractivity contribution in [3.05, 3.63) is 0 Å². The Morgan fingerprint density at radius 1 is 1.62 bits per heavy atom. The second-order valence-corrected chi connectivity index (χ2v) is 2.18. The summed E-state index contributed by atoms with van der Waals surface area (Å²) in [5.41, 5.74) is 0. The molecule has 0 bridgehead atoms. The van der Waals surface area contributed by atoms with Crippen molar-refractivity contribution >= 4 is 37.8 Å². The Bertz CT molecular complexity index is 58.3. The van der Waals surface area contributed by atoms with E-state index in [0.29, 0.717) is 27.7 Å². The van der Waals surface area contributed by atoms with Crippen LogP contribution in [-0.4, -0.2) is 53.0 Å². The Balaban J connectivity index is 0. The third kappa shape index (κ3) is 928. The van der Waals surface area contributed by atoms with Gasteiger partial charge in [-0.05, 0) is 0 Å². The van der Waals surface area contributed by atoms with E-state index in [1.807, 2.05) is 0 Å². The molecular weight excluding hydrogens is 122 g/mol. The first-order valence-electron chi connectivity index (χ1n) is 2.02. The van der Waals surface area contributed by atoms with Gasteiger partial charge in [-0.3, -0.25) is 4.79 Å². The first-order valence-corrected chi connectivity index (χ1v) is 3.18. The van der Waals surface area contributed by atoms with Gasteiger partial charge in [-0.2, -0.15) is 0 Å². The molecule has 0 unspecified atom stereocenters. The van der Waals surface area contributed by atoms with Crippen LogP contribution in [0.3, 0.4) is 0 Å². The summed E-state index contributed by atoms with van der Waals surface area (Å²) in [4.78, 5) is 9.00. The minimum absolute atomic E-state index is 0.460. The van der Waals surface area contributed by atoms with Crippen molar-refractivity contribution in [1.29, 1.82) is 0 Å². The summed E-state index contributed by atoms with van der Waals surface area (Å²) in [5.74, 6) is -0.833. The van der Waals surface area contributed by atoms with Crippen molar-refractivity contribution in [3.63, 3.8) is 0 Å². The molecule has 0 radical (unpaired) electrons. The van der Waals surface area contributed by atoms with Crippen LogP contribution in [0.15, 0.2) is 0 Å². The Labute approximate surface area is 64.7 Å². The summed E-state index contributed by atoms with van der Waals surface area (Å²) in [5, 5.41) is 22.8. The monoisotopic (exact) mass is 128 g/mol. The van der Waals surface area contributed by atoms with E-state index in [-0.39, 0.29) is 0 Å². The Morgan fingerprint density at radius 3 is 1.62 bits per heavy atom. The van der Waals surface area contributed by atoms with E-state index in [1.54, 1.807) is 0 Å². The van der Waals surface area contributed by atoms with Gasteiger partial charge < -0.3 is 5.11 Å². The number of carbonyl (C=O) groups is 1. The second-order valence-electron chi connectivity index (χ2n) is 1.15. The van der Waals surface area contributed by atoms with E-state index in [4.69, 9.17) is 19.9 Å². The molecule has 0 saturated heterocycles. The van der Waals surface area contributed by atoms with Gasteiger partial charge in [0.1, 0.15) is 0 Å². The number of hydrogen-bond donors (Lipinski definition) is 3. The fraction of sp³-hybridized carbons (Fsp3) is 0.500. The fourth-order valence-electron chi connectivity index (χ4n) is 0. The molecule has 0 aromatic heterocycles. The molecule has 6 heteroatoms. The molecule has 4 nitrogen and oxygen atoms in total. The van der Waals surface area contributed by atoms with Crippen LogP contribution in [0.25, 0.3) is 0 Å². The maximum atomic E-state index is 9.00. The van der Waals surface area contributed by atoms with E-state index in [0.717, 1.165) is 6.92 Å². The van der Waals surface area contributed by atoms with Crippen molar-refractivity contribution in [3.8, 4) is 0 Å². The number of rotatable bonds is 0. The number of aliphatic carboxylic acids is 1. The average molecular weight is 128 g/mol. The molecule has 8 heavy (non-hydrogen) atoms. The number of carboxylic acids is 1. The van der Waals surface area contributed by atoms with Crippen LogP contribution in [0.4, 0.5) is 0 Å². The molecule has 0 aliphatic heterocycles. The van der Waals surface area contributed by atoms with Gasteiger partial charge in [0, 0.05) is 6.92 Å². The molecule has 0 spiro atoms. The Hall–Kier alpha value is 0.455. The quantitative estimate of drug-likeness (QED) is 0.337. The molecule has 0 fully saturated rings.